The Hall–Kier alpha value is 0.270. The van der Waals surface area contributed by atoms with E-state index in [-0.39, 0.29) is 0 Å². The van der Waals surface area contributed by atoms with E-state index in [0.717, 1.165) is 31.7 Å². The summed E-state index contributed by atoms with van der Waals surface area (Å²) in [4.78, 5) is 2.33. The standard InChI is InChI=1S/C9H21NOS/c1-10(7-5-9-12)6-3-2-4-8-11/h11-12H,2-9H2,1H3. The molecule has 0 unspecified atom stereocenters. The van der Waals surface area contributed by atoms with Crippen LogP contribution in [0.2, 0.25) is 0 Å². The van der Waals surface area contributed by atoms with Gasteiger partial charge in [-0.1, -0.05) is 0 Å². The van der Waals surface area contributed by atoms with E-state index in [0.29, 0.717) is 6.61 Å². The van der Waals surface area contributed by atoms with E-state index in [4.69, 9.17) is 5.11 Å². The van der Waals surface area contributed by atoms with Crippen LogP contribution in [0.3, 0.4) is 0 Å². The van der Waals surface area contributed by atoms with Crippen LogP contribution < -0.4 is 0 Å². The number of nitrogens with zero attached hydrogens (tertiary/aromatic N) is 1. The zero-order chi connectivity index (χ0) is 9.23. The highest BCUT2D eigenvalue weighted by Gasteiger charge is 1.96. The molecule has 0 aliphatic heterocycles. The zero-order valence-electron chi connectivity index (χ0n) is 8.00. The Morgan fingerprint density at radius 2 is 1.75 bits per heavy atom. The lowest BCUT2D eigenvalue weighted by Gasteiger charge is -2.15. The molecule has 0 fully saturated rings. The molecular formula is C9H21NOS. The minimum absolute atomic E-state index is 0.334. The fraction of sp³-hybridized carbons (Fsp3) is 1.00. The van der Waals surface area contributed by atoms with Crippen molar-refractivity contribution < 1.29 is 5.11 Å². The Labute approximate surface area is 81.4 Å². The quantitative estimate of drug-likeness (QED) is 0.447. The third-order valence-electron chi connectivity index (χ3n) is 1.90. The summed E-state index contributed by atoms with van der Waals surface area (Å²) >= 11 is 4.16. The Balaban J connectivity index is 3.02. The maximum atomic E-state index is 8.55. The molecule has 0 heterocycles. The van der Waals surface area contributed by atoms with E-state index in [1.54, 1.807) is 0 Å². The highest BCUT2D eigenvalue weighted by molar-refractivity contribution is 7.80. The molecule has 0 aromatic heterocycles. The molecule has 0 atom stereocenters. The van der Waals surface area contributed by atoms with Crippen molar-refractivity contribution in [1.82, 2.24) is 4.90 Å². The topological polar surface area (TPSA) is 23.5 Å². The van der Waals surface area contributed by atoms with Crippen LogP contribution in [0.1, 0.15) is 25.7 Å². The first-order valence-electron chi connectivity index (χ1n) is 4.71. The number of hydrogen-bond donors (Lipinski definition) is 2. The van der Waals surface area contributed by atoms with E-state index in [9.17, 15) is 0 Å². The summed E-state index contributed by atoms with van der Waals surface area (Å²) in [6.45, 7) is 2.62. The number of hydrogen-bond acceptors (Lipinski definition) is 3. The molecule has 0 saturated carbocycles. The van der Waals surface area contributed by atoms with Crippen molar-refractivity contribution in [3.63, 3.8) is 0 Å². The van der Waals surface area contributed by atoms with Crippen LogP contribution in [-0.2, 0) is 0 Å². The fourth-order valence-corrected chi connectivity index (χ4v) is 1.26. The lowest BCUT2D eigenvalue weighted by Crippen LogP contribution is -2.21. The molecule has 0 bridgehead atoms. The van der Waals surface area contributed by atoms with E-state index < -0.39 is 0 Å². The van der Waals surface area contributed by atoms with E-state index in [2.05, 4.69) is 24.6 Å². The predicted octanol–water partition coefficient (Wildman–Crippen LogP) is 1.40. The van der Waals surface area contributed by atoms with Crippen LogP contribution in [-0.4, -0.2) is 42.5 Å². The van der Waals surface area contributed by atoms with Crippen LogP contribution >= 0.6 is 12.6 Å². The van der Waals surface area contributed by atoms with Gasteiger partial charge in [0, 0.05) is 6.61 Å². The minimum atomic E-state index is 0.334. The van der Waals surface area contributed by atoms with E-state index >= 15 is 0 Å². The lowest BCUT2D eigenvalue weighted by molar-refractivity contribution is 0.273. The molecular weight excluding hydrogens is 170 g/mol. The Morgan fingerprint density at radius 3 is 2.33 bits per heavy atom. The van der Waals surface area contributed by atoms with Crippen LogP contribution in [0.4, 0.5) is 0 Å². The Morgan fingerprint density at radius 1 is 1.08 bits per heavy atom. The second-order valence-electron chi connectivity index (χ2n) is 3.16. The first-order chi connectivity index (χ1) is 5.81. The summed E-state index contributed by atoms with van der Waals surface area (Å²) in [5.74, 6) is 0.973. The van der Waals surface area contributed by atoms with Crippen molar-refractivity contribution in [2.75, 3.05) is 32.5 Å². The summed E-state index contributed by atoms with van der Waals surface area (Å²) in [5.41, 5.74) is 0. The number of unbranched alkanes of at least 4 members (excludes halogenated alkanes) is 2. The molecule has 0 aliphatic carbocycles. The van der Waals surface area contributed by atoms with Crippen LogP contribution in [0.5, 0.6) is 0 Å². The van der Waals surface area contributed by atoms with Gasteiger partial charge in [0.1, 0.15) is 0 Å². The minimum Gasteiger partial charge on any atom is -0.396 e. The van der Waals surface area contributed by atoms with Crippen molar-refractivity contribution in [3.05, 3.63) is 0 Å². The van der Waals surface area contributed by atoms with Crippen molar-refractivity contribution in [3.8, 4) is 0 Å². The van der Waals surface area contributed by atoms with Gasteiger partial charge in [0.05, 0.1) is 0 Å². The fourth-order valence-electron chi connectivity index (χ4n) is 1.12. The van der Waals surface area contributed by atoms with Crippen molar-refractivity contribution >= 4 is 12.6 Å². The highest BCUT2D eigenvalue weighted by atomic mass is 32.1. The first-order valence-corrected chi connectivity index (χ1v) is 5.34. The van der Waals surface area contributed by atoms with Gasteiger partial charge in [0.15, 0.2) is 0 Å². The van der Waals surface area contributed by atoms with Gasteiger partial charge in [-0.3, -0.25) is 0 Å². The van der Waals surface area contributed by atoms with Crippen LogP contribution in [0.15, 0.2) is 0 Å². The van der Waals surface area contributed by atoms with Crippen molar-refractivity contribution in [2.45, 2.75) is 25.7 Å². The second-order valence-corrected chi connectivity index (χ2v) is 3.61. The van der Waals surface area contributed by atoms with E-state index in [1.807, 2.05) is 0 Å². The molecule has 0 spiro atoms. The summed E-state index contributed by atoms with van der Waals surface area (Å²) in [7, 11) is 2.14. The summed E-state index contributed by atoms with van der Waals surface area (Å²) < 4.78 is 0. The molecule has 0 aromatic rings. The van der Waals surface area contributed by atoms with Gasteiger partial charge in [-0.2, -0.15) is 12.6 Å². The maximum absolute atomic E-state index is 8.55. The Bertz CT molecular complexity index is 90.6. The lowest BCUT2D eigenvalue weighted by atomic mass is 10.2. The summed E-state index contributed by atoms with van der Waals surface area (Å²) in [5, 5.41) is 8.55. The number of thiol groups is 1. The largest absolute Gasteiger partial charge is 0.396 e. The highest BCUT2D eigenvalue weighted by Crippen LogP contribution is 1.97. The SMILES string of the molecule is CN(CCCS)CCCCCO. The average Bonchev–Trinajstić information content (AvgIpc) is 2.09. The predicted molar refractivity (Wildman–Crippen MR) is 56.9 cm³/mol. The molecule has 12 heavy (non-hydrogen) atoms. The zero-order valence-corrected chi connectivity index (χ0v) is 8.89. The summed E-state index contributed by atoms with van der Waals surface area (Å²) in [6.07, 6.45) is 4.45. The first kappa shape index (κ1) is 12.3. The van der Waals surface area contributed by atoms with E-state index in [1.165, 1.54) is 12.8 Å². The van der Waals surface area contributed by atoms with Crippen LogP contribution in [0, 0.1) is 0 Å². The molecule has 0 amide bonds. The van der Waals surface area contributed by atoms with Crippen LogP contribution in [0.25, 0.3) is 0 Å². The number of aliphatic hydroxyl groups is 1. The second kappa shape index (κ2) is 9.36. The molecule has 0 aromatic carbocycles. The molecule has 3 heteroatoms. The van der Waals surface area contributed by atoms with Gasteiger partial charge >= 0.3 is 0 Å². The van der Waals surface area contributed by atoms with Gasteiger partial charge in [0.25, 0.3) is 0 Å². The monoisotopic (exact) mass is 191 g/mol. The van der Waals surface area contributed by atoms with Gasteiger partial charge in [0.2, 0.25) is 0 Å². The maximum Gasteiger partial charge on any atom is 0.0431 e. The third-order valence-corrected chi connectivity index (χ3v) is 2.21. The normalized spacial score (nSPS) is 11.0. The molecule has 2 nitrogen and oxygen atoms in total. The average molecular weight is 191 g/mol. The smallest absolute Gasteiger partial charge is 0.0431 e. The van der Waals surface area contributed by atoms with Gasteiger partial charge in [-0.05, 0) is 51.6 Å². The molecule has 0 rings (SSSR count). The van der Waals surface area contributed by atoms with Crippen molar-refractivity contribution in [2.24, 2.45) is 0 Å². The van der Waals surface area contributed by atoms with Crippen molar-refractivity contribution in [1.29, 1.82) is 0 Å². The molecule has 0 saturated heterocycles. The molecule has 0 aliphatic rings. The van der Waals surface area contributed by atoms with Gasteiger partial charge < -0.3 is 10.0 Å². The summed E-state index contributed by atoms with van der Waals surface area (Å²) in [6, 6.07) is 0. The number of rotatable bonds is 8. The number of aliphatic hydroxyl groups excluding tert-OH is 1. The molecule has 74 valence electrons. The molecule has 0 radical (unpaired) electrons. The van der Waals surface area contributed by atoms with Gasteiger partial charge in [-0.15, -0.1) is 0 Å². The Kier molecular flexibility index (Phi) is 9.57. The molecule has 1 N–H and O–H groups in total. The van der Waals surface area contributed by atoms with Gasteiger partial charge in [-0.25, -0.2) is 0 Å². The third kappa shape index (κ3) is 8.37.